The molecule has 3 rings (SSSR count). The fourth-order valence-corrected chi connectivity index (χ4v) is 2.82. The van der Waals surface area contributed by atoms with Crippen molar-refractivity contribution in [2.24, 2.45) is 0 Å². The average Bonchev–Trinajstić information content (AvgIpc) is 3.25. The number of nitrogens with one attached hydrogen (secondary N) is 2. The summed E-state index contributed by atoms with van der Waals surface area (Å²) in [5.41, 5.74) is 1.52. The summed E-state index contributed by atoms with van der Waals surface area (Å²) in [5.74, 6) is 0.985. The molecule has 0 aliphatic carbocycles. The zero-order chi connectivity index (χ0) is 16.9. The highest BCUT2D eigenvalue weighted by molar-refractivity contribution is 5.89. The van der Waals surface area contributed by atoms with Crippen molar-refractivity contribution in [3.63, 3.8) is 0 Å². The Morgan fingerprint density at radius 1 is 1.33 bits per heavy atom. The number of carbonyl (C=O) groups is 1. The zero-order valence-corrected chi connectivity index (χ0v) is 13.9. The lowest BCUT2D eigenvalue weighted by atomic mass is 10.1. The molecule has 0 radical (unpaired) electrons. The van der Waals surface area contributed by atoms with Crippen LogP contribution in [0.4, 0.5) is 10.5 Å². The summed E-state index contributed by atoms with van der Waals surface area (Å²) < 4.78 is 11.0. The van der Waals surface area contributed by atoms with E-state index in [2.05, 4.69) is 20.8 Å². The Hall–Kier alpha value is -2.41. The third kappa shape index (κ3) is 3.91. The SMILES string of the molecule is CCC(NC(=O)Nc1ccc(-c2nnc(C)o2)cc1)C1CCCO1. The molecule has 7 nitrogen and oxygen atoms in total. The highest BCUT2D eigenvalue weighted by atomic mass is 16.5. The number of nitrogens with zero attached hydrogens (tertiary/aromatic N) is 2. The first-order valence-corrected chi connectivity index (χ1v) is 8.25. The lowest BCUT2D eigenvalue weighted by Crippen LogP contribution is -2.44. The average molecular weight is 330 g/mol. The Morgan fingerprint density at radius 2 is 2.12 bits per heavy atom. The number of aromatic nitrogens is 2. The summed E-state index contributed by atoms with van der Waals surface area (Å²) in [6.45, 7) is 4.57. The Morgan fingerprint density at radius 3 is 2.71 bits per heavy atom. The van der Waals surface area contributed by atoms with Gasteiger partial charge in [0.15, 0.2) is 0 Å². The Balaban J connectivity index is 1.57. The van der Waals surface area contributed by atoms with Crippen LogP contribution in [-0.2, 0) is 4.74 Å². The summed E-state index contributed by atoms with van der Waals surface area (Å²) in [7, 11) is 0. The maximum absolute atomic E-state index is 12.2. The van der Waals surface area contributed by atoms with Gasteiger partial charge >= 0.3 is 6.03 Å². The summed E-state index contributed by atoms with van der Waals surface area (Å²) in [4.78, 5) is 12.2. The first-order valence-electron chi connectivity index (χ1n) is 8.25. The number of benzene rings is 1. The second-order valence-electron chi connectivity index (χ2n) is 5.87. The van der Waals surface area contributed by atoms with Crippen LogP contribution in [0.2, 0.25) is 0 Å². The summed E-state index contributed by atoms with van der Waals surface area (Å²) in [6.07, 6.45) is 3.01. The van der Waals surface area contributed by atoms with E-state index in [-0.39, 0.29) is 18.2 Å². The largest absolute Gasteiger partial charge is 0.421 e. The smallest absolute Gasteiger partial charge is 0.319 e. The van der Waals surface area contributed by atoms with Gasteiger partial charge in [0.05, 0.1) is 12.1 Å². The second kappa shape index (κ2) is 7.44. The summed E-state index contributed by atoms with van der Waals surface area (Å²) >= 11 is 0. The maximum Gasteiger partial charge on any atom is 0.319 e. The van der Waals surface area contributed by atoms with Gasteiger partial charge in [0.1, 0.15) is 0 Å². The summed E-state index contributed by atoms with van der Waals surface area (Å²) in [6, 6.07) is 7.09. The monoisotopic (exact) mass is 330 g/mol. The number of anilines is 1. The lowest BCUT2D eigenvalue weighted by Gasteiger charge is -2.23. The van der Waals surface area contributed by atoms with Gasteiger partial charge in [-0.2, -0.15) is 0 Å². The molecule has 7 heteroatoms. The molecule has 2 N–H and O–H groups in total. The number of hydrogen-bond acceptors (Lipinski definition) is 5. The van der Waals surface area contributed by atoms with Gasteiger partial charge in [-0.15, -0.1) is 10.2 Å². The van der Waals surface area contributed by atoms with Crippen molar-refractivity contribution in [2.45, 2.75) is 45.3 Å². The van der Waals surface area contributed by atoms with Gasteiger partial charge in [0.25, 0.3) is 0 Å². The van der Waals surface area contributed by atoms with Gasteiger partial charge < -0.3 is 19.8 Å². The number of amides is 2. The van der Waals surface area contributed by atoms with Crippen LogP contribution in [0, 0.1) is 6.92 Å². The molecule has 0 bridgehead atoms. The number of carbonyl (C=O) groups excluding carboxylic acids is 1. The number of urea groups is 1. The number of ether oxygens (including phenoxy) is 1. The number of aryl methyl sites for hydroxylation is 1. The van der Waals surface area contributed by atoms with E-state index in [0.717, 1.165) is 31.4 Å². The number of rotatable bonds is 5. The van der Waals surface area contributed by atoms with Gasteiger partial charge in [-0.3, -0.25) is 0 Å². The quantitative estimate of drug-likeness (QED) is 0.879. The second-order valence-corrected chi connectivity index (χ2v) is 5.87. The Labute approximate surface area is 140 Å². The van der Waals surface area contributed by atoms with Crippen molar-refractivity contribution in [1.82, 2.24) is 15.5 Å². The molecule has 1 aliphatic heterocycles. The molecule has 1 aromatic heterocycles. The van der Waals surface area contributed by atoms with Gasteiger partial charge in [0.2, 0.25) is 11.8 Å². The maximum atomic E-state index is 12.2. The van der Waals surface area contributed by atoms with Gasteiger partial charge in [0, 0.05) is 24.8 Å². The first-order chi connectivity index (χ1) is 11.7. The molecule has 24 heavy (non-hydrogen) atoms. The van der Waals surface area contributed by atoms with Crippen LogP contribution in [0.1, 0.15) is 32.1 Å². The van der Waals surface area contributed by atoms with E-state index in [0.29, 0.717) is 17.5 Å². The van der Waals surface area contributed by atoms with Crippen LogP contribution in [0.25, 0.3) is 11.5 Å². The predicted molar refractivity (Wildman–Crippen MR) is 89.7 cm³/mol. The molecule has 0 saturated carbocycles. The minimum atomic E-state index is -0.223. The minimum absolute atomic E-state index is 0.0353. The summed E-state index contributed by atoms with van der Waals surface area (Å²) in [5, 5.41) is 13.6. The molecular weight excluding hydrogens is 308 g/mol. The highest BCUT2D eigenvalue weighted by Gasteiger charge is 2.25. The third-order valence-electron chi connectivity index (χ3n) is 4.09. The molecule has 1 fully saturated rings. The molecular formula is C17H22N4O3. The third-order valence-corrected chi connectivity index (χ3v) is 4.09. The van der Waals surface area contributed by atoms with Gasteiger partial charge in [-0.1, -0.05) is 6.92 Å². The van der Waals surface area contributed by atoms with Crippen LogP contribution in [0.15, 0.2) is 28.7 Å². The fraction of sp³-hybridized carbons (Fsp3) is 0.471. The molecule has 2 unspecified atom stereocenters. The molecule has 1 aromatic carbocycles. The Kier molecular flexibility index (Phi) is 5.10. The van der Waals surface area contributed by atoms with E-state index in [1.54, 1.807) is 6.92 Å². The van der Waals surface area contributed by atoms with Crippen LogP contribution in [-0.4, -0.2) is 35.0 Å². The topological polar surface area (TPSA) is 89.3 Å². The van der Waals surface area contributed by atoms with Crippen LogP contribution in [0.3, 0.4) is 0 Å². The van der Waals surface area contributed by atoms with Crippen LogP contribution in [0.5, 0.6) is 0 Å². The minimum Gasteiger partial charge on any atom is -0.421 e. The van der Waals surface area contributed by atoms with Crippen molar-refractivity contribution in [3.8, 4) is 11.5 Å². The number of hydrogen-bond donors (Lipinski definition) is 2. The van der Waals surface area contributed by atoms with Gasteiger partial charge in [-0.05, 0) is 43.5 Å². The van der Waals surface area contributed by atoms with Crippen LogP contribution < -0.4 is 10.6 Å². The van der Waals surface area contributed by atoms with E-state index in [1.165, 1.54) is 0 Å². The van der Waals surface area contributed by atoms with E-state index in [1.807, 2.05) is 31.2 Å². The molecule has 2 aromatic rings. The van der Waals surface area contributed by atoms with Crippen molar-refractivity contribution in [1.29, 1.82) is 0 Å². The molecule has 0 spiro atoms. The Bertz CT molecular complexity index is 677. The fourth-order valence-electron chi connectivity index (χ4n) is 2.82. The van der Waals surface area contributed by atoms with Crippen molar-refractivity contribution in [2.75, 3.05) is 11.9 Å². The van der Waals surface area contributed by atoms with Crippen molar-refractivity contribution >= 4 is 11.7 Å². The first kappa shape index (κ1) is 16.4. The lowest BCUT2D eigenvalue weighted by molar-refractivity contribution is 0.0804. The van der Waals surface area contributed by atoms with Crippen molar-refractivity contribution < 1.29 is 13.9 Å². The highest BCUT2D eigenvalue weighted by Crippen LogP contribution is 2.20. The molecule has 1 saturated heterocycles. The van der Waals surface area contributed by atoms with E-state index in [9.17, 15) is 4.79 Å². The normalized spacial score (nSPS) is 18.3. The molecule has 2 heterocycles. The van der Waals surface area contributed by atoms with Crippen LogP contribution >= 0.6 is 0 Å². The molecule has 128 valence electrons. The molecule has 2 amide bonds. The zero-order valence-electron chi connectivity index (χ0n) is 13.9. The van der Waals surface area contributed by atoms with Gasteiger partial charge in [-0.25, -0.2) is 4.79 Å². The molecule has 1 aliphatic rings. The standard InChI is InChI=1S/C17H22N4O3/c1-3-14(15-5-4-10-23-15)19-17(22)18-13-8-6-12(7-9-13)16-21-20-11(2)24-16/h6-9,14-15H,3-5,10H2,1-2H3,(H2,18,19,22). The van der Waals surface area contributed by atoms with E-state index >= 15 is 0 Å². The van der Waals surface area contributed by atoms with E-state index < -0.39 is 0 Å². The molecule has 2 atom stereocenters. The van der Waals surface area contributed by atoms with E-state index in [4.69, 9.17) is 9.15 Å². The predicted octanol–water partition coefficient (Wildman–Crippen LogP) is 3.12. The van der Waals surface area contributed by atoms with Crippen molar-refractivity contribution in [3.05, 3.63) is 30.2 Å².